The van der Waals surface area contributed by atoms with Crippen LogP contribution in [0, 0.1) is 0 Å². The molecule has 0 N–H and O–H groups in total. The summed E-state index contributed by atoms with van der Waals surface area (Å²) in [6.45, 7) is 0.201. The van der Waals surface area contributed by atoms with Gasteiger partial charge in [0, 0.05) is 5.56 Å². The molecule has 1 unspecified atom stereocenters. The Bertz CT molecular complexity index is 885. The first-order chi connectivity index (χ1) is 11.2. The molecule has 1 atom stereocenters. The topological polar surface area (TPSA) is 71.1 Å². The molecule has 0 amide bonds. The summed E-state index contributed by atoms with van der Waals surface area (Å²) in [5.41, 5.74) is 1.28. The summed E-state index contributed by atoms with van der Waals surface area (Å²) in [6, 6.07) is 8.40. The van der Waals surface area contributed by atoms with Gasteiger partial charge in [-0.1, -0.05) is 6.07 Å². The lowest BCUT2D eigenvalue weighted by molar-refractivity contribution is 0.0889. The van der Waals surface area contributed by atoms with Crippen molar-refractivity contribution in [1.29, 1.82) is 0 Å². The van der Waals surface area contributed by atoms with Crippen molar-refractivity contribution in [1.82, 2.24) is 0 Å². The summed E-state index contributed by atoms with van der Waals surface area (Å²) in [4.78, 5) is 25.6. The van der Waals surface area contributed by atoms with Gasteiger partial charge in [-0.15, -0.1) is 0 Å². The van der Waals surface area contributed by atoms with Crippen LogP contribution in [0.3, 0.4) is 0 Å². The number of fused-ring (bicyclic) bond motifs is 4. The van der Waals surface area contributed by atoms with Crippen LogP contribution in [0.5, 0.6) is 23.0 Å². The molecule has 0 spiro atoms. The average molecular weight is 310 g/mol. The maximum Gasteiger partial charge on any atom is 0.231 e. The highest BCUT2D eigenvalue weighted by Gasteiger charge is 2.44. The van der Waals surface area contributed by atoms with Crippen molar-refractivity contribution >= 4 is 11.6 Å². The molecule has 6 nitrogen and oxygen atoms in total. The van der Waals surface area contributed by atoms with Crippen LogP contribution < -0.4 is 18.9 Å². The van der Waals surface area contributed by atoms with Crippen LogP contribution in [0.1, 0.15) is 32.2 Å². The Balaban J connectivity index is 1.64. The van der Waals surface area contributed by atoms with Crippen molar-refractivity contribution in [2.45, 2.75) is 5.92 Å². The molecule has 0 bridgehead atoms. The van der Waals surface area contributed by atoms with Gasteiger partial charge in [0.2, 0.25) is 13.6 Å². The van der Waals surface area contributed by atoms with Crippen molar-refractivity contribution in [3.8, 4) is 23.0 Å². The van der Waals surface area contributed by atoms with Crippen molar-refractivity contribution < 1.29 is 28.5 Å². The Hall–Kier alpha value is -3.02. The molecule has 2 aromatic carbocycles. The number of rotatable bonds is 1. The van der Waals surface area contributed by atoms with E-state index in [4.69, 9.17) is 18.9 Å². The van der Waals surface area contributed by atoms with E-state index in [1.165, 1.54) is 0 Å². The molecule has 114 valence electrons. The molecule has 3 aliphatic rings. The molecule has 2 aliphatic heterocycles. The lowest BCUT2D eigenvalue weighted by atomic mass is 9.94. The zero-order chi connectivity index (χ0) is 15.6. The van der Waals surface area contributed by atoms with Crippen LogP contribution in [0.15, 0.2) is 30.3 Å². The van der Waals surface area contributed by atoms with Gasteiger partial charge >= 0.3 is 0 Å². The van der Waals surface area contributed by atoms with E-state index in [1.54, 1.807) is 30.3 Å². The second-order valence-corrected chi connectivity index (χ2v) is 5.50. The molecular weight excluding hydrogens is 300 g/mol. The monoisotopic (exact) mass is 310 g/mol. The number of carbonyl (C=O) groups is 2. The normalized spacial score (nSPS) is 20.1. The number of hydrogen-bond donors (Lipinski definition) is 0. The fourth-order valence-electron chi connectivity index (χ4n) is 3.24. The zero-order valence-corrected chi connectivity index (χ0v) is 11.8. The molecule has 0 saturated carbocycles. The van der Waals surface area contributed by atoms with Crippen LogP contribution in [0.2, 0.25) is 0 Å². The lowest BCUT2D eigenvalue weighted by Gasteiger charge is -2.08. The zero-order valence-electron chi connectivity index (χ0n) is 11.8. The first kappa shape index (κ1) is 12.5. The largest absolute Gasteiger partial charge is 0.454 e. The average Bonchev–Trinajstić information content (AvgIpc) is 3.25. The molecule has 1 aliphatic carbocycles. The lowest BCUT2D eigenvalue weighted by Crippen LogP contribution is -2.12. The van der Waals surface area contributed by atoms with Gasteiger partial charge < -0.3 is 18.9 Å². The van der Waals surface area contributed by atoms with Crippen LogP contribution in [-0.2, 0) is 0 Å². The SMILES string of the molecule is O=C1c2ccc3c(c2C(=O)C1c1ccc2c(c1)OCO2)OCO3. The van der Waals surface area contributed by atoms with Crippen LogP contribution in [0.4, 0.5) is 0 Å². The number of carbonyl (C=O) groups excluding carboxylic acids is 2. The van der Waals surface area contributed by atoms with E-state index in [9.17, 15) is 9.59 Å². The second-order valence-electron chi connectivity index (χ2n) is 5.50. The van der Waals surface area contributed by atoms with Crippen molar-refractivity contribution in [2.75, 3.05) is 13.6 Å². The van der Waals surface area contributed by atoms with Crippen molar-refractivity contribution in [3.05, 3.63) is 47.0 Å². The number of benzene rings is 2. The molecule has 2 heterocycles. The standard InChI is InChI=1S/C17H10O6/c18-15-9-2-4-11-17(23-7-21-11)14(9)16(19)13(15)8-1-3-10-12(5-8)22-6-20-10/h1-5,13H,6-7H2. The highest BCUT2D eigenvalue weighted by Crippen LogP contribution is 2.46. The van der Waals surface area contributed by atoms with Gasteiger partial charge in [-0.25, -0.2) is 0 Å². The Labute approximate surface area is 130 Å². The van der Waals surface area contributed by atoms with Crippen molar-refractivity contribution in [2.24, 2.45) is 0 Å². The maximum atomic E-state index is 12.8. The molecule has 23 heavy (non-hydrogen) atoms. The Morgan fingerprint density at radius 1 is 0.783 bits per heavy atom. The molecule has 0 radical (unpaired) electrons. The molecular formula is C17H10O6. The predicted octanol–water partition coefficient (Wildman–Crippen LogP) is 2.31. The predicted molar refractivity (Wildman–Crippen MR) is 76.5 cm³/mol. The summed E-state index contributed by atoms with van der Waals surface area (Å²) in [6.07, 6.45) is 0. The summed E-state index contributed by atoms with van der Waals surface area (Å²) < 4.78 is 21.3. The molecule has 5 rings (SSSR count). The summed E-state index contributed by atoms with van der Waals surface area (Å²) in [5.74, 6) is 0.634. The number of Topliss-reactive ketones (excluding diaryl/α,β-unsaturated/α-hetero) is 2. The van der Waals surface area contributed by atoms with Crippen molar-refractivity contribution in [3.63, 3.8) is 0 Å². The third kappa shape index (κ3) is 1.57. The van der Waals surface area contributed by atoms with E-state index in [1.807, 2.05) is 0 Å². The smallest absolute Gasteiger partial charge is 0.231 e. The second kappa shape index (κ2) is 4.25. The van der Waals surface area contributed by atoms with Gasteiger partial charge in [-0.3, -0.25) is 9.59 Å². The van der Waals surface area contributed by atoms with E-state index in [2.05, 4.69) is 0 Å². The molecule has 2 aromatic rings. The van der Waals surface area contributed by atoms with E-state index in [-0.39, 0.29) is 25.2 Å². The van der Waals surface area contributed by atoms with E-state index in [0.717, 1.165) is 0 Å². The fraction of sp³-hybridized carbons (Fsp3) is 0.176. The first-order valence-electron chi connectivity index (χ1n) is 7.14. The molecule has 6 heteroatoms. The van der Waals surface area contributed by atoms with Gasteiger partial charge in [0.05, 0.1) is 5.56 Å². The minimum absolute atomic E-state index is 0.0575. The van der Waals surface area contributed by atoms with Gasteiger partial charge in [-0.2, -0.15) is 0 Å². The highest BCUT2D eigenvalue weighted by molar-refractivity contribution is 6.31. The fourth-order valence-corrected chi connectivity index (χ4v) is 3.24. The minimum Gasteiger partial charge on any atom is -0.454 e. The van der Waals surface area contributed by atoms with E-state index < -0.39 is 5.92 Å². The van der Waals surface area contributed by atoms with E-state index >= 15 is 0 Å². The molecule has 0 saturated heterocycles. The maximum absolute atomic E-state index is 12.8. The number of ether oxygens (including phenoxy) is 4. The first-order valence-corrected chi connectivity index (χ1v) is 7.14. The van der Waals surface area contributed by atoms with Crippen LogP contribution in [0.25, 0.3) is 0 Å². The number of hydrogen-bond acceptors (Lipinski definition) is 6. The minimum atomic E-state index is -0.879. The summed E-state index contributed by atoms with van der Waals surface area (Å²) in [7, 11) is 0. The van der Waals surface area contributed by atoms with Gasteiger partial charge in [0.25, 0.3) is 0 Å². The molecule has 0 fully saturated rings. The Kier molecular flexibility index (Phi) is 2.31. The van der Waals surface area contributed by atoms with E-state index in [0.29, 0.717) is 39.7 Å². The third-order valence-electron chi connectivity index (χ3n) is 4.31. The highest BCUT2D eigenvalue weighted by atomic mass is 16.7. The third-order valence-corrected chi connectivity index (χ3v) is 4.31. The van der Waals surface area contributed by atoms with Crippen LogP contribution in [-0.4, -0.2) is 25.2 Å². The molecule has 0 aromatic heterocycles. The van der Waals surface area contributed by atoms with Gasteiger partial charge in [0.15, 0.2) is 34.6 Å². The Morgan fingerprint density at radius 3 is 2.43 bits per heavy atom. The Morgan fingerprint density at radius 2 is 1.52 bits per heavy atom. The number of ketones is 2. The summed E-state index contributed by atoms with van der Waals surface area (Å²) in [5, 5.41) is 0. The van der Waals surface area contributed by atoms with Gasteiger partial charge in [0.1, 0.15) is 5.92 Å². The quantitative estimate of drug-likeness (QED) is 0.753. The summed E-state index contributed by atoms with van der Waals surface area (Å²) >= 11 is 0. The van der Waals surface area contributed by atoms with Crippen LogP contribution >= 0.6 is 0 Å². The van der Waals surface area contributed by atoms with Gasteiger partial charge in [-0.05, 0) is 29.8 Å².